The average molecular weight is 367 g/mol. The second kappa shape index (κ2) is 8.13. The summed E-state index contributed by atoms with van der Waals surface area (Å²) in [6.07, 6.45) is 1.53. The van der Waals surface area contributed by atoms with Crippen LogP contribution in [0.25, 0.3) is 11.0 Å². The van der Waals surface area contributed by atoms with Crippen LogP contribution in [0.4, 0.5) is 5.69 Å². The number of esters is 2. The molecule has 0 aliphatic carbocycles. The summed E-state index contributed by atoms with van der Waals surface area (Å²) < 4.78 is 9.91. The first-order valence-electron chi connectivity index (χ1n) is 8.24. The minimum atomic E-state index is -0.612. The number of nitrogens with zero attached hydrogens (tertiary/aromatic N) is 1. The highest BCUT2D eigenvalue weighted by atomic mass is 16.5. The number of fused-ring (bicyclic) bond motifs is 1. The number of anilines is 1. The van der Waals surface area contributed by atoms with Gasteiger partial charge in [0.25, 0.3) is 5.91 Å². The maximum atomic E-state index is 12.1. The van der Waals surface area contributed by atoms with Gasteiger partial charge in [-0.1, -0.05) is 0 Å². The fraction of sp³-hybridized carbons (Fsp3) is 0.158. The van der Waals surface area contributed by atoms with Gasteiger partial charge in [0.1, 0.15) is 0 Å². The normalized spacial score (nSPS) is 10.4. The second-order valence-corrected chi connectivity index (χ2v) is 5.56. The minimum Gasteiger partial charge on any atom is -0.462 e. The van der Waals surface area contributed by atoms with Crippen LogP contribution in [0.3, 0.4) is 0 Å². The van der Waals surface area contributed by atoms with Crippen molar-refractivity contribution >= 4 is 34.6 Å². The van der Waals surface area contributed by atoms with E-state index in [1.807, 2.05) is 0 Å². The van der Waals surface area contributed by atoms with Gasteiger partial charge in [-0.3, -0.25) is 4.79 Å². The number of benzene rings is 2. The number of amides is 1. The zero-order chi connectivity index (χ0) is 19.2. The van der Waals surface area contributed by atoms with Crippen LogP contribution in [0, 0.1) is 0 Å². The molecule has 1 amide bonds. The highest BCUT2D eigenvalue weighted by Crippen LogP contribution is 2.13. The van der Waals surface area contributed by atoms with Gasteiger partial charge >= 0.3 is 11.9 Å². The third-order valence-electron chi connectivity index (χ3n) is 3.67. The zero-order valence-corrected chi connectivity index (χ0v) is 14.5. The lowest BCUT2D eigenvalue weighted by Crippen LogP contribution is -2.21. The Morgan fingerprint density at radius 2 is 1.70 bits per heavy atom. The quantitative estimate of drug-likeness (QED) is 0.648. The summed E-state index contributed by atoms with van der Waals surface area (Å²) in [6.45, 7) is 1.58. The summed E-state index contributed by atoms with van der Waals surface area (Å²) in [5.41, 5.74) is 2.61. The summed E-state index contributed by atoms with van der Waals surface area (Å²) >= 11 is 0. The van der Waals surface area contributed by atoms with Gasteiger partial charge in [0.2, 0.25) is 0 Å². The van der Waals surface area contributed by atoms with Gasteiger partial charge in [-0.25, -0.2) is 14.6 Å². The smallest absolute Gasteiger partial charge is 0.338 e. The first-order valence-corrected chi connectivity index (χ1v) is 8.24. The number of carbonyl (C=O) groups is 3. The Labute approximate surface area is 154 Å². The Morgan fingerprint density at radius 3 is 2.44 bits per heavy atom. The summed E-state index contributed by atoms with van der Waals surface area (Å²) in [5, 5.41) is 2.59. The molecule has 138 valence electrons. The molecule has 3 rings (SSSR count). The number of hydrogen-bond donors (Lipinski definition) is 2. The van der Waals surface area contributed by atoms with Crippen LogP contribution in [-0.2, 0) is 14.3 Å². The molecule has 0 aliphatic rings. The highest BCUT2D eigenvalue weighted by Gasteiger charge is 2.12. The van der Waals surface area contributed by atoms with Gasteiger partial charge in [-0.05, 0) is 49.4 Å². The Kier molecular flexibility index (Phi) is 5.46. The van der Waals surface area contributed by atoms with Crippen LogP contribution in [0.15, 0.2) is 48.8 Å². The van der Waals surface area contributed by atoms with Crippen molar-refractivity contribution in [2.75, 3.05) is 18.5 Å². The Balaban J connectivity index is 1.53. The maximum Gasteiger partial charge on any atom is 0.338 e. The molecule has 0 radical (unpaired) electrons. The molecule has 0 saturated heterocycles. The van der Waals surface area contributed by atoms with Crippen molar-refractivity contribution in [1.29, 1.82) is 0 Å². The number of rotatable bonds is 6. The van der Waals surface area contributed by atoms with E-state index in [4.69, 9.17) is 9.47 Å². The molecule has 27 heavy (non-hydrogen) atoms. The van der Waals surface area contributed by atoms with Gasteiger partial charge in [0.05, 0.1) is 35.1 Å². The Bertz CT molecular complexity index is 978. The molecule has 0 bridgehead atoms. The van der Waals surface area contributed by atoms with Gasteiger partial charge < -0.3 is 19.8 Å². The van der Waals surface area contributed by atoms with Crippen LogP contribution >= 0.6 is 0 Å². The summed E-state index contributed by atoms with van der Waals surface area (Å²) in [5.74, 6) is -1.53. The van der Waals surface area contributed by atoms with Crippen molar-refractivity contribution < 1.29 is 23.9 Å². The predicted octanol–water partition coefficient (Wildman–Crippen LogP) is 2.54. The molecule has 1 aromatic heterocycles. The van der Waals surface area contributed by atoms with Crippen molar-refractivity contribution in [2.24, 2.45) is 0 Å². The molecule has 8 heteroatoms. The molecule has 0 spiro atoms. The van der Waals surface area contributed by atoms with E-state index in [-0.39, 0.29) is 6.61 Å². The van der Waals surface area contributed by atoms with E-state index in [9.17, 15) is 14.4 Å². The fourth-order valence-electron chi connectivity index (χ4n) is 2.38. The second-order valence-electron chi connectivity index (χ2n) is 5.56. The monoisotopic (exact) mass is 367 g/mol. The highest BCUT2D eigenvalue weighted by molar-refractivity contribution is 5.97. The van der Waals surface area contributed by atoms with E-state index < -0.39 is 24.5 Å². The van der Waals surface area contributed by atoms with E-state index in [1.54, 1.807) is 49.4 Å². The van der Waals surface area contributed by atoms with Crippen LogP contribution in [0.2, 0.25) is 0 Å². The standard InChI is InChI=1S/C19H17N3O5/c1-2-26-18(24)12-3-6-14(7-4-12)22-17(23)10-27-19(25)13-5-8-15-16(9-13)21-11-20-15/h3-9,11H,2,10H2,1H3,(H,20,21)(H,22,23). The molecule has 3 aromatic rings. The van der Waals surface area contributed by atoms with E-state index in [0.717, 1.165) is 5.52 Å². The summed E-state index contributed by atoms with van der Waals surface area (Å²) in [6, 6.07) is 11.1. The molecule has 0 atom stereocenters. The van der Waals surface area contributed by atoms with Crippen molar-refractivity contribution in [3.05, 3.63) is 59.9 Å². The van der Waals surface area contributed by atoms with E-state index >= 15 is 0 Å². The van der Waals surface area contributed by atoms with Crippen LogP contribution < -0.4 is 5.32 Å². The molecule has 0 aliphatic heterocycles. The largest absolute Gasteiger partial charge is 0.462 e. The number of H-pyrrole nitrogens is 1. The predicted molar refractivity (Wildman–Crippen MR) is 97.4 cm³/mol. The van der Waals surface area contributed by atoms with Gasteiger partial charge in [-0.15, -0.1) is 0 Å². The number of imidazole rings is 1. The molecule has 1 heterocycles. The first kappa shape index (κ1) is 18.1. The third kappa shape index (κ3) is 4.49. The Hall–Kier alpha value is -3.68. The van der Waals surface area contributed by atoms with Crippen molar-refractivity contribution in [1.82, 2.24) is 9.97 Å². The van der Waals surface area contributed by atoms with Gasteiger partial charge in [0.15, 0.2) is 6.61 Å². The Morgan fingerprint density at radius 1 is 1.00 bits per heavy atom. The number of ether oxygens (including phenoxy) is 2. The number of aromatic amines is 1. The topological polar surface area (TPSA) is 110 Å². The number of nitrogens with one attached hydrogen (secondary N) is 2. The summed E-state index contributed by atoms with van der Waals surface area (Å²) in [4.78, 5) is 42.6. The van der Waals surface area contributed by atoms with Crippen molar-refractivity contribution in [2.45, 2.75) is 6.92 Å². The van der Waals surface area contributed by atoms with Crippen LogP contribution in [-0.4, -0.2) is 41.0 Å². The lowest BCUT2D eigenvalue weighted by molar-refractivity contribution is -0.119. The van der Waals surface area contributed by atoms with Gasteiger partial charge in [-0.2, -0.15) is 0 Å². The maximum absolute atomic E-state index is 12.1. The molecular formula is C19H17N3O5. The van der Waals surface area contributed by atoms with Crippen LogP contribution in [0.5, 0.6) is 0 Å². The fourth-order valence-corrected chi connectivity index (χ4v) is 2.38. The summed E-state index contributed by atoms with van der Waals surface area (Å²) in [7, 11) is 0. The molecule has 2 aromatic carbocycles. The van der Waals surface area contributed by atoms with Crippen molar-refractivity contribution in [3.8, 4) is 0 Å². The number of hydrogen-bond acceptors (Lipinski definition) is 6. The molecule has 0 saturated carbocycles. The lowest BCUT2D eigenvalue weighted by atomic mass is 10.2. The molecule has 0 fully saturated rings. The van der Waals surface area contributed by atoms with Crippen LogP contribution in [0.1, 0.15) is 27.6 Å². The van der Waals surface area contributed by atoms with Gasteiger partial charge in [0, 0.05) is 5.69 Å². The zero-order valence-electron chi connectivity index (χ0n) is 14.5. The number of aromatic nitrogens is 2. The first-order chi connectivity index (χ1) is 13.1. The van der Waals surface area contributed by atoms with E-state index in [1.165, 1.54) is 6.33 Å². The average Bonchev–Trinajstić information content (AvgIpc) is 3.14. The molecular weight excluding hydrogens is 350 g/mol. The van der Waals surface area contributed by atoms with Crippen molar-refractivity contribution in [3.63, 3.8) is 0 Å². The molecule has 2 N–H and O–H groups in total. The third-order valence-corrected chi connectivity index (χ3v) is 3.67. The minimum absolute atomic E-state index is 0.288. The van der Waals surface area contributed by atoms with E-state index in [0.29, 0.717) is 22.3 Å². The van der Waals surface area contributed by atoms with E-state index in [2.05, 4.69) is 15.3 Å². The SMILES string of the molecule is CCOC(=O)c1ccc(NC(=O)COC(=O)c2ccc3nc[nH]c3c2)cc1. The molecule has 8 nitrogen and oxygen atoms in total. The lowest BCUT2D eigenvalue weighted by Gasteiger charge is -2.07. The molecule has 0 unspecified atom stereocenters. The number of carbonyl (C=O) groups excluding carboxylic acids is 3.